The van der Waals surface area contributed by atoms with Crippen LogP contribution in [0.1, 0.15) is 31.8 Å². The van der Waals surface area contributed by atoms with Crippen molar-refractivity contribution < 1.29 is 14.6 Å². The number of carbonyl (C=O) groups is 1. The molecule has 0 aliphatic rings. The van der Waals surface area contributed by atoms with E-state index in [1.165, 1.54) is 11.3 Å². The molecule has 5 heteroatoms. The minimum absolute atomic E-state index is 0.153. The van der Waals surface area contributed by atoms with Gasteiger partial charge in [0.1, 0.15) is 17.6 Å². The van der Waals surface area contributed by atoms with Crippen LogP contribution in [0.15, 0.2) is 97.1 Å². The quantitative estimate of drug-likeness (QED) is 0.416. The summed E-state index contributed by atoms with van der Waals surface area (Å²) < 4.78 is 5.75. The molecule has 4 nitrogen and oxygen atoms in total. The predicted molar refractivity (Wildman–Crippen MR) is 119 cm³/mol. The summed E-state index contributed by atoms with van der Waals surface area (Å²) in [5, 5.41) is 13.4. The number of carbonyl (C=O) groups excluding carboxylic acids is 1. The molecule has 0 spiro atoms. The van der Waals surface area contributed by atoms with Crippen LogP contribution in [0.5, 0.6) is 11.5 Å². The first-order valence-corrected chi connectivity index (χ1v) is 10.4. The Morgan fingerprint density at radius 2 is 1.47 bits per heavy atom. The Kier molecular flexibility index (Phi) is 6.23. The molecule has 4 rings (SSSR count). The van der Waals surface area contributed by atoms with Gasteiger partial charge in [0.2, 0.25) is 0 Å². The summed E-state index contributed by atoms with van der Waals surface area (Å²) in [4.78, 5) is 14.3. The average Bonchev–Trinajstić information content (AvgIpc) is 3.28. The minimum atomic E-state index is -0.655. The summed E-state index contributed by atoms with van der Waals surface area (Å²) in [5.74, 6) is 1.27. The zero-order valence-electron chi connectivity index (χ0n) is 16.2. The highest BCUT2D eigenvalue weighted by Gasteiger charge is 2.13. The first-order valence-electron chi connectivity index (χ1n) is 9.62. The van der Waals surface area contributed by atoms with E-state index >= 15 is 0 Å². The number of amides is 1. The Bertz CT molecular complexity index is 1090. The number of ether oxygens (including phenoxy) is 1. The van der Waals surface area contributed by atoms with Crippen LogP contribution in [0.2, 0.25) is 0 Å². The second-order valence-electron chi connectivity index (χ2n) is 6.74. The molecule has 0 saturated carbocycles. The van der Waals surface area contributed by atoms with Crippen molar-refractivity contribution >= 4 is 17.2 Å². The summed E-state index contributed by atoms with van der Waals surface area (Å²) in [5.41, 5.74) is 1.42. The molecule has 150 valence electrons. The van der Waals surface area contributed by atoms with Crippen LogP contribution in [0.25, 0.3) is 0 Å². The first kappa shape index (κ1) is 19.9. The van der Waals surface area contributed by atoms with Crippen LogP contribution < -0.4 is 10.1 Å². The van der Waals surface area contributed by atoms with Gasteiger partial charge in [-0.15, -0.1) is 11.3 Å². The second-order valence-corrected chi connectivity index (χ2v) is 7.94. The molecule has 4 aromatic rings. The molecule has 0 aliphatic heterocycles. The van der Waals surface area contributed by atoms with Gasteiger partial charge >= 0.3 is 0 Å². The predicted octanol–water partition coefficient (Wildman–Crippen LogP) is 5.55. The number of hydrogen-bond donors (Lipinski definition) is 2. The van der Waals surface area contributed by atoms with Crippen molar-refractivity contribution in [3.8, 4) is 11.5 Å². The van der Waals surface area contributed by atoms with E-state index in [-0.39, 0.29) is 5.91 Å². The molecule has 0 bridgehead atoms. The molecule has 0 radical (unpaired) electrons. The van der Waals surface area contributed by atoms with Crippen molar-refractivity contribution in [2.45, 2.75) is 12.6 Å². The number of thiophene rings is 1. The molecule has 30 heavy (non-hydrogen) atoms. The van der Waals surface area contributed by atoms with Crippen molar-refractivity contribution in [1.82, 2.24) is 5.32 Å². The zero-order chi connectivity index (χ0) is 20.8. The van der Waals surface area contributed by atoms with E-state index in [4.69, 9.17) is 4.74 Å². The third kappa shape index (κ3) is 4.95. The molecule has 2 N–H and O–H groups in total. The Hall–Kier alpha value is -3.41. The largest absolute Gasteiger partial charge is 0.457 e. The third-order valence-corrected chi connectivity index (χ3v) is 5.72. The summed E-state index contributed by atoms with van der Waals surface area (Å²) in [6, 6.07) is 29.9. The summed E-state index contributed by atoms with van der Waals surface area (Å²) >= 11 is 1.49. The van der Waals surface area contributed by atoms with Gasteiger partial charge in [-0.25, -0.2) is 0 Å². The third-order valence-electron chi connectivity index (χ3n) is 4.59. The molecule has 3 aromatic carbocycles. The number of para-hydroxylation sites is 1. The van der Waals surface area contributed by atoms with E-state index in [0.717, 1.165) is 21.1 Å². The lowest BCUT2D eigenvalue weighted by atomic mass is 10.1. The Labute approximate surface area is 179 Å². The van der Waals surface area contributed by atoms with Crippen LogP contribution in [-0.4, -0.2) is 11.0 Å². The fraction of sp³-hybridized carbons (Fsp3) is 0.0800. The molecule has 0 aliphatic carbocycles. The van der Waals surface area contributed by atoms with Crippen LogP contribution in [0.3, 0.4) is 0 Å². The first-order chi connectivity index (χ1) is 14.7. The van der Waals surface area contributed by atoms with Gasteiger partial charge in [-0.2, -0.15) is 0 Å². The maximum absolute atomic E-state index is 12.5. The summed E-state index contributed by atoms with van der Waals surface area (Å²) in [6.45, 7) is 0.410. The van der Waals surface area contributed by atoms with Crippen LogP contribution >= 0.6 is 11.3 Å². The Balaban J connectivity index is 1.33. The van der Waals surface area contributed by atoms with E-state index in [2.05, 4.69) is 5.32 Å². The number of aliphatic hydroxyl groups excluding tert-OH is 1. The Morgan fingerprint density at radius 3 is 2.17 bits per heavy atom. The van der Waals surface area contributed by atoms with E-state index in [1.54, 1.807) is 24.3 Å². The maximum atomic E-state index is 12.5. The van der Waals surface area contributed by atoms with Crippen LogP contribution in [0, 0.1) is 0 Å². The van der Waals surface area contributed by atoms with Gasteiger partial charge < -0.3 is 15.2 Å². The number of benzene rings is 3. The van der Waals surface area contributed by atoms with Crippen molar-refractivity contribution in [2.75, 3.05) is 0 Å². The maximum Gasteiger partial charge on any atom is 0.251 e. The Morgan fingerprint density at radius 1 is 0.833 bits per heavy atom. The smallest absolute Gasteiger partial charge is 0.251 e. The van der Waals surface area contributed by atoms with Gasteiger partial charge in [0.05, 0.1) is 6.54 Å². The molecule has 1 atom stereocenters. The molecule has 1 unspecified atom stereocenters. The SMILES string of the molecule is O=C(NCc1ccc(C(O)c2ccccc2)s1)c1ccc(Oc2ccccc2)cc1. The monoisotopic (exact) mass is 415 g/mol. The highest BCUT2D eigenvalue weighted by Crippen LogP contribution is 2.28. The fourth-order valence-corrected chi connectivity index (χ4v) is 3.97. The van der Waals surface area contributed by atoms with Gasteiger partial charge in [0, 0.05) is 15.3 Å². The minimum Gasteiger partial charge on any atom is -0.457 e. The van der Waals surface area contributed by atoms with Gasteiger partial charge in [0.25, 0.3) is 5.91 Å². The summed E-state index contributed by atoms with van der Waals surface area (Å²) in [6.07, 6.45) is -0.655. The lowest BCUT2D eigenvalue weighted by Crippen LogP contribution is -2.22. The van der Waals surface area contributed by atoms with Gasteiger partial charge in [-0.1, -0.05) is 48.5 Å². The van der Waals surface area contributed by atoms with Crippen molar-refractivity contribution in [3.05, 3.63) is 118 Å². The number of nitrogens with one attached hydrogen (secondary N) is 1. The zero-order valence-corrected chi connectivity index (χ0v) is 17.0. The van der Waals surface area contributed by atoms with E-state index in [9.17, 15) is 9.90 Å². The van der Waals surface area contributed by atoms with E-state index < -0.39 is 6.10 Å². The van der Waals surface area contributed by atoms with Crippen LogP contribution in [-0.2, 0) is 6.54 Å². The normalized spacial score (nSPS) is 11.6. The number of rotatable bonds is 7. The molecule has 1 aromatic heterocycles. The summed E-state index contributed by atoms with van der Waals surface area (Å²) in [7, 11) is 0. The second kappa shape index (κ2) is 9.39. The topological polar surface area (TPSA) is 58.6 Å². The molecule has 1 amide bonds. The molecule has 1 heterocycles. The lowest BCUT2D eigenvalue weighted by molar-refractivity contribution is 0.0951. The van der Waals surface area contributed by atoms with Crippen molar-refractivity contribution in [1.29, 1.82) is 0 Å². The van der Waals surface area contributed by atoms with E-state index in [1.807, 2.05) is 72.8 Å². The van der Waals surface area contributed by atoms with Crippen LogP contribution in [0.4, 0.5) is 0 Å². The van der Waals surface area contributed by atoms with Gasteiger partial charge in [-0.3, -0.25) is 4.79 Å². The van der Waals surface area contributed by atoms with Crippen molar-refractivity contribution in [3.63, 3.8) is 0 Å². The highest BCUT2D eigenvalue weighted by atomic mass is 32.1. The van der Waals surface area contributed by atoms with Gasteiger partial charge in [-0.05, 0) is 54.1 Å². The fourth-order valence-electron chi connectivity index (χ4n) is 3.00. The lowest BCUT2D eigenvalue weighted by Gasteiger charge is -2.08. The number of hydrogen-bond acceptors (Lipinski definition) is 4. The van der Waals surface area contributed by atoms with Crippen molar-refractivity contribution in [2.24, 2.45) is 0 Å². The number of aliphatic hydroxyl groups is 1. The highest BCUT2D eigenvalue weighted by molar-refractivity contribution is 7.12. The molecular weight excluding hydrogens is 394 g/mol. The molecule has 0 saturated heterocycles. The standard InChI is InChI=1S/C25H21NO3S/c27-24(18-7-3-1-4-8-18)23-16-15-22(30-23)17-26-25(28)19-11-13-21(14-12-19)29-20-9-5-2-6-10-20/h1-16,24,27H,17H2,(H,26,28). The molecule has 0 fully saturated rings. The van der Waals surface area contributed by atoms with E-state index in [0.29, 0.717) is 17.9 Å². The van der Waals surface area contributed by atoms with Gasteiger partial charge in [0.15, 0.2) is 0 Å². The average molecular weight is 416 g/mol. The molecular formula is C25H21NO3S.